The average molecular weight is 483 g/mol. The first-order valence-electron chi connectivity index (χ1n) is 8.49. The van der Waals surface area contributed by atoms with E-state index in [1.165, 1.54) is 0 Å². The highest BCUT2D eigenvalue weighted by atomic mass is 127. The predicted octanol–water partition coefficient (Wildman–Crippen LogP) is 3.36. The number of halogens is 1. The first-order chi connectivity index (χ1) is 12.7. The molecule has 2 aromatic rings. The minimum Gasteiger partial charge on any atom is -0.497 e. The van der Waals surface area contributed by atoms with Crippen LogP contribution in [-0.2, 0) is 17.8 Å². The van der Waals surface area contributed by atoms with Crippen LogP contribution in [0.25, 0.3) is 0 Å². The molecule has 27 heavy (non-hydrogen) atoms. The summed E-state index contributed by atoms with van der Waals surface area (Å²) in [4.78, 5) is 15.9. The Labute approximate surface area is 177 Å². The van der Waals surface area contributed by atoms with Gasteiger partial charge in [0.15, 0.2) is 5.96 Å². The number of nitrogens with one attached hydrogen (secondary N) is 2. The molecule has 146 valence electrons. The number of nitrogens with zero attached hydrogens (tertiary/aromatic N) is 1. The van der Waals surface area contributed by atoms with E-state index in [0.29, 0.717) is 31.2 Å². The Balaban J connectivity index is 0.00000364. The first kappa shape index (κ1) is 22.8. The van der Waals surface area contributed by atoms with Crippen molar-refractivity contribution in [2.45, 2.75) is 20.0 Å². The molecule has 0 atom stereocenters. The second-order valence-electron chi connectivity index (χ2n) is 5.55. The third-order valence-electron chi connectivity index (χ3n) is 3.74. The average Bonchev–Trinajstić information content (AvgIpc) is 2.69. The number of carbonyl (C=O) groups excluding carboxylic acids is 1. The van der Waals surface area contributed by atoms with E-state index in [4.69, 9.17) is 9.47 Å². The monoisotopic (exact) mass is 483 g/mol. The van der Waals surface area contributed by atoms with Crippen LogP contribution in [0, 0.1) is 0 Å². The Hall–Kier alpha value is -2.29. The zero-order valence-electron chi connectivity index (χ0n) is 15.8. The van der Waals surface area contributed by atoms with Crippen LogP contribution in [0.3, 0.4) is 0 Å². The molecule has 2 rings (SSSR count). The van der Waals surface area contributed by atoms with Gasteiger partial charge in [-0.1, -0.05) is 24.3 Å². The number of rotatable bonds is 7. The highest BCUT2D eigenvalue weighted by molar-refractivity contribution is 14.0. The minimum absolute atomic E-state index is 0. The van der Waals surface area contributed by atoms with Gasteiger partial charge >= 0.3 is 5.97 Å². The van der Waals surface area contributed by atoms with E-state index in [1.54, 1.807) is 33.2 Å². The van der Waals surface area contributed by atoms with Crippen molar-refractivity contribution in [3.63, 3.8) is 0 Å². The lowest BCUT2D eigenvalue weighted by molar-refractivity contribution is 0.0526. The molecule has 0 radical (unpaired) electrons. The van der Waals surface area contributed by atoms with Gasteiger partial charge in [-0.15, -0.1) is 24.0 Å². The molecule has 0 heterocycles. The highest BCUT2D eigenvalue weighted by Gasteiger charge is 2.06. The van der Waals surface area contributed by atoms with Crippen molar-refractivity contribution in [2.75, 3.05) is 20.8 Å². The number of guanidine groups is 1. The number of methoxy groups -OCH3 is 1. The maximum Gasteiger partial charge on any atom is 0.338 e. The van der Waals surface area contributed by atoms with Crippen LogP contribution in [0.2, 0.25) is 0 Å². The Morgan fingerprint density at radius 2 is 1.70 bits per heavy atom. The number of carbonyl (C=O) groups is 1. The zero-order valence-corrected chi connectivity index (χ0v) is 18.2. The van der Waals surface area contributed by atoms with Gasteiger partial charge in [0, 0.05) is 20.1 Å². The number of hydrogen-bond donors (Lipinski definition) is 2. The molecular formula is C20H26IN3O3. The first-order valence-corrected chi connectivity index (χ1v) is 8.49. The molecule has 6 nitrogen and oxygen atoms in total. The number of hydrogen-bond acceptors (Lipinski definition) is 4. The van der Waals surface area contributed by atoms with Gasteiger partial charge in [0.2, 0.25) is 0 Å². The van der Waals surface area contributed by atoms with Gasteiger partial charge < -0.3 is 20.1 Å². The Morgan fingerprint density at radius 3 is 2.30 bits per heavy atom. The van der Waals surface area contributed by atoms with Crippen LogP contribution < -0.4 is 15.4 Å². The second kappa shape index (κ2) is 12.2. The van der Waals surface area contributed by atoms with E-state index in [9.17, 15) is 4.79 Å². The van der Waals surface area contributed by atoms with Crippen molar-refractivity contribution >= 4 is 35.9 Å². The topological polar surface area (TPSA) is 72.0 Å². The molecule has 7 heteroatoms. The van der Waals surface area contributed by atoms with Gasteiger partial charge in [-0.05, 0) is 42.3 Å². The maximum atomic E-state index is 11.7. The van der Waals surface area contributed by atoms with Gasteiger partial charge in [0.05, 0.1) is 19.3 Å². The smallest absolute Gasteiger partial charge is 0.338 e. The van der Waals surface area contributed by atoms with Crippen molar-refractivity contribution < 1.29 is 14.3 Å². The number of aliphatic imine (C=N–C) groups is 1. The van der Waals surface area contributed by atoms with Crippen LogP contribution in [0.4, 0.5) is 0 Å². The molecule has 0 bridgehead atoms. The van der Waals surface area contributed by atoms with Crippen molar-refractivity contribution in [1.82, 2.24) is 10.6 Å². The molecule has 0 aliphatic heterocycles. The normalized spacial score (nSPS) is 10.6. The largest absolute Gasteiger partial charge is 0.497 e. The molecule has 0 unspecified atom stereocenters. The summed E-state index contributed by atoms with van der Waals surface area (Å²) in [6, 6.07) is 15.2. The van der Waals surface area contributed by atoms with E-state index in [0.717, 1.165) is 16.9 Å². The van der Waals surface area contributed by atoms with E-state index in [2.05, 4.69) is 15.6 Å². The second-order valence-corrected chi connectivity index (χ2v) is 5.55. The van der Waals surface area contributed by atoms with Crippen molar-refractivity contribution in [3.05, 3.63) is 65.2 Å². The maximum absolute atomic E-state index is 11.7. The Kier molecular flexibility index (Phi) is 10.2. The highest BCUT2D eigenvalue weighted by Crippen LogP contribution is 2.12. The summed E-state index contributed by atoms with van der Waals surface area (Å²) in [6.07, 6.45) is 0. The summed E-state index contributed by atoms with van der Waals surface area (Å²) in [5, 5.41) is 6.51. The molecule has 0 saturated carbocycles. The number of esters is 1. The van der Waals surface area contributed by atoms with Crippen molar-refractivity contribution in [3.8, 4) is 5.75 Å². The third-order valence-corrected chi connectivity index (χ3v) is 3.74. The van der Waals surface area contributed by atoms with Crippen LogP contribution in [0.5, 0.6) is 5.75 Å². The summed E-state index contributed by atoms with van der Waals surface area (Å²) in [7, 11) is 3.38. The zero-order chi connectivity index (χ0) is 18.8. The summed E-state index contributed by atoms with van der Waals surface area (Å²) >= 11 is 0. The lowest BCUT2D eigenvalue weighted by Crippen LogP contribution is -2.36. The standard InChI is InChI=1S/C20H25N3O3.HI/c1-4-26-19(24)17-10-8-15(9-11-17)13-22-20(21-2)23-14-16-6-5-7-18(12-16)25-3;/h5-12H,4,13-14H2,1-3H3,(H2,21,22,23);1H. The molecule has 0 spiro atoms. The van der Waals surface area contributed by atoms with Crippen LogP contribution in [-0.4, -0.2) is 32.7 Å². The van der Waals surface area contributed by atoms with Gasteiger partial charge in [-0.25, -0.2) is 4.79 Å². The van der Waals surface area contributed by atoms with E-state index in [1.807, 2.05) is 36.4 Å². The molecule has 0 fully saturated rings. The van der Waals surface area contributed by atoms with E-state index >= 15 is 0 Å². The molecule has 0 aliphatic carbocycles. The van der Waals surface area contributed by atoms with Crippen LogP contribution in [0.15, 0.2) is 53.5 Å². The van der Waals surface area contributed by atoms with Gasteiger partial charge in [0.1, 0.15) is 5.75 Å². The van der Waals surface area contributed by atoms with Gasteiger partial charge in [0.25, 0.3) is 0 Å². The molecule has 0 amide bonds. The fourth-order valence-electron chi connectivity index (χ4n) is 2.35. The van der Waals surface area contributed by atoms with Gasteiger partial charge in [-0.3, -0.25) is 4.99 Å². The lowest BCUT2D eigenvalue weighted by Gasteiger charge is -2.13. The third kappa shape index (κ3) is 7.46. The molecule has 2 aromatic carbocycles. The summed E-state index contributed by atoms with van der Waals surface area (Å²) in [5.41, 5.74) is 2.70. The summed E-state index contributed by atoms with van der Waals surface area (Å²) < 4.78 is 10.2. The van der Waals surface area contributed by atoms with E-state index < -0.39 is 0 Å². The number of ether oxygens (including phenoxy) is 2. The van der Waals surface area contributed by atoms with E-state index in [-0.39, 0.29) is 29.9 Å². The molecule has 0 aromatic heterocycles. The van der Waals surface area contributed by atoms with Crippen LogP contribution >= 0.6 is 24.0 Å². The quantitative estimate of drug-likeness (QED) is 0.274. The van der Waals surface area contributed by atoms with Crippen molar-refractivity contribution in [1.29, 1.82) is 0 Å². The van der Waals surface area contributed by atoms with Gasteiger partial charge in [-0.2, -0.15) is 0 Å². The lowest BCUT2D eigenvalue weighted by atomic mass is 10.1. The minimum atomic E-state index is -0.303. The Morgan fingerprint density at radius 1 is 1.04 bits per heavy atom. The summed E-state index contributed by atoms with van der Waals surface area (Å²) in [6.45, 7) is 3.40. The number of benzene rings is 2. The molecule has 0 saturated heterocycles. The molecule has 2 N–H and O–H groups in total. The SMILES string of the molecule is CCOC(=O)c1ccc(CNC(=NC)NCc2cccc(OC)c2)cc1.I. The van der Waals surface area contributed by atoms with Crippen LogP contribution in [0.1, 0.15) is 28.4 Å². The van der Waals surface area contributed by atoms with Crippen molar-refractivity contribution in [2.24, 2.45) is 4.99 Å². The Bertz CT molecular complexity index is 748. The summed E-state index contributed by atoms with van der Waals surface area (Å²) in [5.74, 6) is 1.22. The fraction of sp³-hybridized carbons (Fsp3) is 0.300. The predicted molar refractivity (Wildman–Crippen MR) is 118 cm³/mol. The molecular weight excluding hydrogens is 457 g/mol. The fourth-order valence-corrected chi connectivity index (χ4v) is 2.35. The molecule has 0 aliphatic rings.